The Morgan fingerprint density at radius 3 is 2.38 bits per heavy atom. The predicted molar refractivity (Wildman–Crippen MR) is 63.5 cm³/mol. The summed E-state index contributed by atoms with van der Waals surface area (Å²) in [6.45, 7) is 4.02. The third-order valence-corrected chi connectivity index (χ3v) is 3.64. The lowest BCUT2D eigenvalue weighted by Gasteiger charge is -2.35. The summed E-state index contributed by atoms with van der Waals surface area (Å²) in [5.74, 6) is 0.734. The first-order chi connectivity index (χ1) is 7.70. The molecule has 2 heterocycles. The summed E-state index contributed by atoms with van der Waals surface area (Å²) >= 11 is 4.21. The van der Waals surface area contributed by atoms with E-state index in [1.807, 2.05) is 4.90 Å². The van der Waals surface area contributed by atoms with E-state index in [-0.39, 0.29) is 12.6 Å². The van der Waals surface area contributed by atoms with Gasteiger partial charge in [0.15, 0.2) is 0 Å². The number of carbonyl (C=O) groups excluding carboxylic acids is 1. The topological polar surface area (TPSA) is 26.8 Å². The van der Waals surface area contributed by atoms with Crippen LogP contribution in [0, 0.1) is 0 Å². The van der Waals surface area contributed by atoms with E-state index in [2.05, 4.69) is 17.5 Å². The first-order valence-corrected chi connectivity index (χ1v) is 6.35. The lowest BCUT2D eigenvalue weighted by molar-refractivity contribution is 0.125. The van der Waals surface area contributed by atoms with Crippen molar-refractivity contribution < 1.29 is 9.18 Å². The SMILES string of the molecule is O=C(N1CCN(CS)CC1)N1CCC(F)C1. The normalized spacial score (nSPS) is 27.5. The van der Waals surface area contributed by atoms with E-state index < -0.39 is 6.17 Å². The van der Waals surface area contributed by atoms with E-state index in [1.165, 1.54) is 0 Å². The van der Waals surface area contributed by atoms with Crippen LogP contribution in [0.15, 0.2) is 0 Å². The van der Waals surface area contributed by atoms with Crippen molar-refractivity contribution >= 4 is 18.7 Å². The highest BCUT2D eigenvalue weighted by atomic mass is 32.1. The molecule has 4 nitrogen and oxygen atoms in total. The van der Waals surface area contributed by atoms with E-state index in [4.69, 9.17) is 0 Å². The van der Waals surface area contributed by atoms with Crippen molar-refractivity contribution in [3.8, 4) is 0 Å². The maximum Gasteiger partial charge on any atom is 0.320 e. The van der Waals surface area contributed by atoms with Gasteiger partial charge in [-0.2, -0.15) is 12.6 Å². The van der Waals surface area contributed by atoms with Crippen LogP contribution in [0.5, 0.6) is 0 Å². The molecule has 0 aromatic rings. The van der Waals surface area contributed by atoms with Gasteiger partial charge in [-0.15, -0.1) is 0 Å². The lowest BCUT2D eigenvalue weighted by Crippen LogP contribution is -2.52. The number of nitrogens with zero attached hydrogens (tertiary/aromatic N) is 3. The van der Waals surface area contributed by atoms with Gasteiger partial charge in [0, 0.05) is 38.6 Å². The number of piperazine rings is 1. The second-order valence-electron chi connectivity index (χ2n) is 4.36. The molecule has 0 aromatic heterocycles. The van der Waals surface area contributed by atoms with Gasteiger partial charge in [-0.05, 0) is 6.42 Å². The first kappa shape index (κ1) is 12.0. The van der Waals surface area contributed by atoms with E-state index in [0.717, 1.165) is 32.1 Å². The zero-order valence-corrected chi connectivity index (χ0v) is 10.2. The van der Waals surface area contributed by atoms with Crippen molar-refractivity contribution in [1.82, 2.24) is 14.7 Å². The van der Waals surface area contributed by atoms with E-state index >= 15 is 0 Å². The average Bonchev–Trinajstić information content (AvgIpc) is 2.75. The fourth-order valence-electron chi connectivity index (χ4n) is 2.17. The summed E-state index contributed by atoms with van der Waals surface area (Å²) in [6.07, 6.45) is -0.342. The van der Waals surface area contributed by atoms with Crippen molar-refractivity contribution in [2.45, 2.75) is 12.6 Å². The summed E-state index contributed by atoms with van der Waals surface area (Å²) in [5.41, 5.74) is 0. The quantitative estimate of drug-likeness (QED) is 0.689. The number of halogens is 1. The van der Waals surface area contributed by atoms with Crippen molar-refractivity contribution in [3.05, 3.63) is 0 Å². The molecule has 2 aliphatic heterocycles. The molecule has 0 N–H and O–H groups in total. The van der Waals surface area contributed by atoms with Gasteiger partial charge in [-0.25, -0.2) is 9.18 Å². The Morgan fingerprint density at radius 1 is 1.19 bits per heavy atom. The molecule has 1 atom stereocenters. The molecule has 0 bridgehead atoms. The maximum absolute atomic E-state index is 13.0. The molecular weight excluding hydrogens is 229 g/mol. The second-order valence-corrected chi connectivity index (χ2v) is 4.64. The number of hydrogen-bond donors (Lipinski definition) is 1. The molecule has 2 rings (SSSR count). The Kier molecular flexibility index (Phi) is 3.91. The van der Waals surface area contributed by atoms with Gasteiger partial charge in [-0.3, -0.25) is 4.90 Å². The van der Waals surface area contributed by atoms with Crippen LogP contribution in [0.25, 0.3) is 0 Å². The van der Waals surface area contributed by atoms with Gasteiger partial charge in [0.2, 0.25) is 0 Å². The number of amides is 2. The van der Waals surface area contributed by atoms with Gasteiger partial charge in [0.1, 0.15) is 6.17 Å². The molecule has 2 amide bonds. The molecule has 6 heteroatoms. The number of likely N-dealkylation sites (tertiary alicyclic amines) is 1. The second kappa shape index (κ2) is 5.23. The summed E-state index contributed by atoms with van der Waals surface area (Å²) in [4.78, 5) is 17.6. The Bertz CT molecular complexity index is 258. The van der Waals surface area contributed by atoms with Gasteiger partial charge >= 0.3 is 6.03 Å². The maximum atomic E-state index is 13.0. The van der Waals surface area contributed by atoms with Crippen LogP contribution in [-0.2, 0) is 0 Å². The largest absolute Gasteiger partial charge is 0.322 e. The summed E-state index contributed by atoms with van der Waals surface area (Å²) < 4.78 is 13.0. The standard InChI is InChI=1S/C10H18FN3OS/c11-9-1-2-14(7-9)10(15)13-5-3-12(8-16)4-6-13/h9,16H,1-8H2. The molecule has 0 aromatic carbocycles. The third-order valence-electron chi connectivity index (χ3n) is 3.24. The Hall–Kier alpha value is -0.490. The molecule has 2 saturated heterocycles. The highest BCUT2D eigenvalue weighted by Gasteiger charge is 2.30. The van der Waals surface area contributed by atoms with Gasteiger partial charge in [0.05, 0.1) is 6.54 Å². The van der Waals surface area contributed by atoms with Crippen LogP contribution in [-0.4, -0.2) is 72.0 Å². The smallest absolute Gasteiger partial charge is 0.320 e. The number of alkyl halides is 1. The monoisotopic (exact) mass is 247 g/mol. The van der Waals surface area contributed by atoms with E-state index in [9.17, 15) is 9.18 Å². The molecule has 0 radical (unpaired) electrons. The van der Waals surface area contributed by atoms with Gasteiger partial charge in [0.25, 0.3) is 0 Å². The summed E-state index contributed by atoms with van der Waals surface area (Å²) in [7, 11) is 0. The van der Waals surface area contributed by atoms with Crippen LogP contribution in [0.3, 0.4) is 0 Å². The minimum absolute atomic E-state index is 0.000959. The number of carbonyl (C=O) groups is 1. The highest BCUT2D eigenvalue weighted by Crippen LogP contribution is 2.15. The minimum atomic E-state index is -0.831. The van der Waals surface area contributed by atoms with Gasteiger partial charge < -0.3 is 9.80 Å². The molecule has 16 heavy (non-hydrogen) atoms. The van der Waals surface area contributed by atoms with Crippen LogP contribution in [0.2, 0.25) is 0 Å². The Morgan fingerprint density at radius 2 is 1.88 bits per heavy atom. The van der Waals surface area contributed by atoms with Crippen LogP contribution < -0.4 is 0 Å². The zero-order chi connectivity index (χ0) is 11.5. The summed E-state index contributed by atoms with van der Waals surface area (Å²) in [5, 5.41) is 0. The third kappa shape index (κ3) is 2.60. The zero-order valence-electron chi connectivity index (χ0n) is 9.31. The minimum Gasteiger partial charge on any atom is -0.322 e. The van der Waals surface area contributed by atoms with Gasteiger partial charge in [-0.1, -0.05) is 0 Å². The number of urea groups is 1. The molecule has 2 fully saturated rings. The van der Waals surface area contributed by atoms with E-state index in [0.29, 0.717) is 13.0 Å². The predicted octanol–water partition coefficient (Wildman–Crippen LogP) is 0.655. The highest BCUT2D eigenvalue weighted by molar-refractivity contribution is 7.80. The Balaban J connectivity index is 1.82. The first-order valence-electron chi connectivity index (χ1n) is 5.72. The van der Waals surface area contributed by atoms with Crippen molar-refractivity contribution in [2.24, 2.45) is 0 Å². The lowest BCUT2D eigenvalue weighted by atomic mass is 10.3. The molecule has 1 unspecified atom stereocenters. The number of rotatable bonds is 1. The average molecular weight is 247 g/mol. The molecule has 2 aliphatic rings. The molecular formula is C10H18FN3OS. The molecule has 0 saturated carbocycles. The fraction of sp³-hybridized carbons (Fsp3) is 0.900. The van der Waals surface area contributed by atoms with Crippen LogP contribution in [0.1, 0.15) is 6.42 Å². The molecule has 92 valence electrons. The van der Waals surface area contributed by atoms with Crippen LogP contribution in [0.4, 0.5) is 9.18 Å². The number of thiol groups is 1. The Labute approximate surface area is 101 Å². The molecule has 0 aliphatic carbocycles. The number of hydrogen-bond acceptors (Lipinski definition) is 3. The van der Waals surface area contributed by atoms with E-state index in [1.54, 1.807) is 4.90 Å². The van der Waals surface area contributed by atoms with Crippen molar-refractivity contribution in [2.75, 3.05) is 45.1 Å². The fourth-order valence-corrected chi connectivity index (χ4v) is 2.45. The summed E-state index contributed by atoms with van der Waals surface area (Å²) in [6, 6.07) is -0.000959. The van der Waals surface area contributed by atoms with Crippen LogP contribution >= 0.6 is 12.6 Å². The van der Waals surface area contributed by atoms with Crippen molar-refractivity contribution in [3.63, 3.8) is 0 Å². The molecule has 0 spiro atoms. The van der Waals surface area contributed by atoms with Crippen molar-refractivity contribution in [1.29, 1.82) is 0 Å².